The number of hydrogen-bond donors (Lipinski definition) is 1. The fourth-order valence-electron chi connectivity index (χ4n) is 1.82. The standard InChI is InChI=1S/C13H25N3O/c1-11(2)16-9-8-15(12(16)17)7-5-6-13(3,4)10-14/h8-9,11H,5-7,10,14H2,1-4H3. The summed E-state index contributed by atoms with van der Waals surface area (Å²) in [5.74, 6) is 0. The molecule has 2 N–H and O–H groups in total. The average molecular weight is 239 g/mol. The molecule has 0 amide bonds. The van der Waals surface area contributed by atoms with Crippen molar-refractivity contribution in [3.8, 4) is 0 Å². The highest BCUT2D eigenvalue weighted by molar-refractivity contribution is 4.84. The Morgan fingerprint density at radius 1 is 1.35 bits per heavy atom. The fourth-order valence-corrected chi connectivity index (χ4v) is 1.82. The maximum absolute atomic E-state index is 11.9. The summed E-state index contributed by atoms with van der Waals surface area (Å²) >= 11 is 0. The molecule has 0 saturated carbocycles. The molecule has 0 aromatic carbocycles. The Morgan fingerprint density at radius 3 is 2.47 bits per heavy atom. The predicted octanol–water partition coefficient (Wildman–Crippen LogP) is 2.00. The normalized spacial score (nSPS) is 12.4. The largest absolute Gasteiger partial charge is 0.330 e. The number of aryl methyl sites for hydroxylation is 1. The molecule has 1 rings (SSSR count). The lowest BCUT2D eigenvalue weighted by atomic mass is 9.88. The number of imidazole rings is 1. The molecule has 0 aliphatic rings. The van der Waals surface area contributed by atoms with Gasteiger partial charge in [0.2, 0.25) is 0 Å². The van der Waals surface area contributed by atoms with E-state index in [9.17, 15) is 4.79 Å². The van der Waals surface area contributed by atoms with Crippen molar-refractivity contribution in [3.63, 3.8) is 0 Å². The molecule has 1 heterocycles. The van der Waals surface area contributed by atoms with Crippen LogP contribution in [0.25, 0.3) is 0 Å². The third-order valence-electron chi connectivity index (χ3n) is 3.24. The van der Waals surface area contributed by atoms with Crippen molar-refractivity contribution < 1.29 is 0 Å². The van der Waals surface area contributed by atoms with E-state index in [1.54, 1.807) is 9.13 Å². The van der Waals surface area contributed by atoms with Crippen LogP contribution in [0.5, 0.6) is 0 Å². The van der Waals surface area contributed by atoms with Gasteiger partial charge in [-0.15, -0.1) is 0 Å². The summed E-state index contributed by atoms with van der Waals surface area (Å²) in [6, 6.07) is 0.226. The molecule has 98 valence electrons. The van der Waals surface area contributed by atoms with Gasteiger partial charge < -0.3 is 5.73 Å². The molecule has 17 heavy (non-hydrogen) atoms. The molecular formula is C13H25N3O. The number of rotatable bonds is 6. The minimum atomic E-state index is 0.0885. The zero-order chi connectivity index (χ0) is 13.1. The topological polar surface area (TPSA) is 52.9 Å². The second-order valence-corrected chi connectivity index (χ2v) is 5.75. The summed E-state index contributed by atoms with van der Waals surface area (Å²) in [6.07, 6.45) is 5.77. The van der Waals surface area contributed by atoms with Crippen LogP contribution >= 0.6 is 0 Å². The Balaban J connectivity index is 2.57. The van der Waals surface area contributed by atoms with Crippen molar-refractivity contribution in [2.45, 2.75) is 53.1 Å². The van der Waals surface area contributed by atoms with Crippen molar-refractivity contribution in [2.75, 3.05) is 6.54 Å². The minimum Gasteiger partial charge on any atom is -0.330 e. The quantitative estimate of drug-likeness (QED) is 0.825. The SMILES string of the molecule is CC(C)n1ccn(CCCC(C)(C)CN)c1=O. The van der Waals surface area contributed by atoms with Crippen molar-refractivity contribution in [2.24, 2.45) is 11.1 Å². The van der Waals surface area contributed by atoms with Gasteiger partial charge in [-0.3, -0.25) is 9.13 Å². The van der Waals surface area contributed by atoms with Gasteiger partial charge in [0, 0.05) is 25.0 Å². The summed E-state index contributed by atoms with van der Waals surface area (Å²) in [5, 5.41) is 0. The first kappa shape index (κ1) is 14.0. The van der Waals surface area contributed by atoms with Gasteiger partial charge in [-0.2, -0.15) is 0 Å². The van der Waals surface area contributed by atoms with Gasteiger partial charge in [0.15, 0.2) is 0 Å². The van der Waals surface area contributed by atoms with Crippen LogP contribution in [0.1, 0.15) is 46.6 Å². The van der Waals surface area contributed by atoms with Gasteiger partial charge in [-0.25, -0.2) is 4.79 Å². The summed E-state index contributed by atoms with van der Waals surface area (Å²) in [4.78, 5) is 11.9. The predicted molar refractivity (Wildman–Crippen MR) is 71.1 cm³/mol. The van der Waals surface area contributed by atoms with Gasteiger partial charge in [-0.05, 0) is 38.6 Å². The van der Waals surface area contributed by atoms with Crippen LogP contribution in [0.3, 0.4) is 0 Å². The van der Waals surface area contributed by atoms with E-state index < -0.39 is 0 Å². The summed E-state index contributed by atoms with van der Waals surface area (Å²) in [5.41, 5.74) is 5.95. The molecule has 0 radical (unpaired) electrons. The van der Waals surface area contributed by atoms with Gasteiger partial charge in [0.25, 0.3) is 0 Å². The third kappa shape index (κ3) is 3.73. The van der Waals surface area contributed by atoms with E-state index in [0.29, 0.717) is 6.54 Å². The van der Waals surface area contributed by atoms with Crippen LogP contribution in [-0.4, -0.2) is 15.7 Å². The molecule has 1 aromatic heterocycles. The van der Waals surface area contributed by atoms with Crippen LogP contribution in [0.2, 0.25) is 0 Å². The Bertz CT molecular complexity index is 401. The Morgan fingerprint density at radius 2 is 2.00 bits per heavy atom. The highest BCUT2D eigenvalue weighted by Crippen LogP contribution is 2.20. The molecule has 4 heteroatoms. The smallest absolute Gasteiger partial charge is 0.328 e. The molecule has 0 saturated heterocycles. The number of nitrogens with two attached hydrogens (primary N) is 1. The molecule has 0 atom stereocenters. The number of nitrogens with zero attached hydrogens (tertiary/aromatic N) is 2. The Kier molecular flexibility index (Phi) is 4.57. The van der Waals surface area contributed by atoms with Gasteiger partial charge >= 0.3 is 5.69 Å². The lowest BCUT2D eigenvalue weighted by Crippen LogP contribution is -2.27. The molecular weight excluding hydrogens is 214 g/mol. The molecule has 0 fully saturated rings. The fraction of sp³-hybridized carbons (Fsp3) is 0.769. The van der Waals surface area contributed by atoms with E-state index in [1.165, 1.54) is 0 Å². The third-order valence-corrected chi connectivity index (χ3v) is 3.24. The van der Waals surface area contributed by atoms with E-state index in [0.717, 1.165) is 19.4 Å². The van der Waals surface area contributed by atoms with Crippen LogP contribution < -0.4 is 11.4 Å². The molecule has 0 bridgehead atoms. The van der Waals surface area contributed by atoms with Crippen LogP contribution in [-0.2, 0) is 6.54 Å². The highest BCUT2D eigenvalue weighted by Gasteiger charge is 2.15. The van der Waals surface area contributed by atoms with E-state index in [-0.39, 0.29) is 17.1 Å². The number of aromatic nitrogens is 2. The maximum atomic E-state index is 11.9. The lowest BCUT2D eigenvalue weighted by Gasteiger charge is -2.21. The highest BCUT2D eigenvalue weighted by atomic mass is 16.1. The first-order valence-electron chi connectivity index (χ1n) is 6.35. The van der Waals surface area contributed by atoms with Gasteiger partial charge in [0.05, 0.1) is 0 Å². The zero-order valence-electron chi connectivity index (χ0n) is 11.4. The second-order valence-electron chi connectivity index (χ2n) is 5.75. The molecule has 0 spiro atoms. The molecule has 0 unspecified atom stereocenters. The number of hydrogen-bond acceptors (Lipinski definition) is 2. The lowest BCUT2D eigenvalue weighted by molar-refractivity contribution is 0.326. The van der Waals surface area contributed by atoms with Crippen LogP contribution in [0, 0.1) is 5.41 Å². The summed E-state index contributed by atoms with van der Waals surface area (Å²) < 4.78 is 3.54. The van der Waals surface area contributed by atoms with Gasteiger partial charge in [-0.1, -0.05) is 13.8 Å². The first-order chi connectivity index (χ1) is 7.87. The summed E-state index contributed by atoms with van der Waals surface area (Å²) in [7, 11) is 0. The van der Waals surface area contributed by atoms with Gasteiger partial charge in [0.1, 0.15) is 0 Å². The van der Waals surface area contributed by atoms with Crippen molar-refractivity contribution >= 4 is 0 Å². The molecule has 4 nitrogen and oxygen atoms in total. The Hall–Kier alpha value is -1.03. The van der Waals surface area contributed by atoms with E-state index in [1.807, 2.05) is 26.2 Å². The minimum absolute atomic E-state index is 0.0885. The molecule has 0 aliphatic carbocycles. The van der Waals surface area contributed by atoms with E-state index in [2.05, 4.69) is 13.8 Å². The van der Waals surface area contributed by atoms with Crippen LogP contribution in [0.15, 0.2) is 17.2 Å². The van der Waals surface area contributed by atoms with Crippen LogP contribution in [0.4, 0.5) is 0 Å². The molecule has 0 aliphatic heterocycles. The average Bonchev–Trinajstić information content (AvgIpc) is 2.60. The second kappa shape index (κ2) is 5.54. The van der Waals surface area contributed by atoms with Crippen molar-refractivity contribution in [3.05, 3.63) is 22.9 Å². The van der Waals surface area contributed by atoms with Crippen molar-refractivity contribution in [1.29, 1.82) is 0 Å². The monoisotopic (exact) mass is 239 g/mol. The summed E-state index contributed by atoms with van der Waals surface area (Å²) in [6.45, 7) is 9.83. The van der Waals surface area contributed by atoms with E-state index >= 15 is 0 Å². The van der Waals surface area contributed by atoms with E-state index in [4.69, 9.17) is 5.73 Å². The molecule has 1 aromatic rings. The first-order valence-corrected chi connectivity index (χ1v) is 6.35. The Labute approximate surface area is 103 Å². The zero-order valence-corrected chi connectivity index (χ0v) is 11.4. The van der Waals surface area contributed by atoms with Crippen molar-refractivity contribution in [1.82, 2.24) is 9.13 Å². The maximum Gasteiger partial charge on any atom is 0.328 e.